The summed E-state index contributed by atoms with van der Waals surface area (Å²) in [7, 11) is 0. The molecule has 2 amide bonds. The van der Waals surface area contributed by atoms with E-state index in [4.69, 9.17) is 23.2 Å². The number of nitrogens with zero attached hydrogens (tertiary/aromatic N) is 1. The number of carbonyl (C=O) groups is 2. The largest absolute Gasteiger partial charge is 0.343 e. The van der Waals surface area contributed by atoms with E-state index in [1.807, 2.05) is 24.4 Å². The zero-order valence-electron chi connectivity index (χ0n) is 14.3. The molecular weight excluding hydrogens is 405 g/mol. The normalized spacial score (nSPS) is 10.5. The van der Waals surface area contributed by atoms with E-state index >= 15 is 0 Å². The van der Waals surface area contributed by atoms with E-state index in [-0.39, 0.29) is 23.0 Å². The van der Waals surface area contributed by atoms with Gasteiger partial charge in [-0.2, -0.15) is 0 Å². The summed E-state index contributed by atoms with van der Waals surface area (Å²) >= 11 is 13.4. The molecule has 0 atom stereocenters. The lowest BCUT2D eigenvalue weighted by atomic mass is 10.1. The highest BCUT2D eigenvalue weighted by molar-refractivity contribution is 7.09. The van der Waals surface area contributed by atoms with Crippen LogP contribution in [0.2, 0.25) is 10.0 Å². The minimum atomic E-state index is -0.443. The van der Waals surface area contributed by atoms with Crippen molar-refractivity contribution in [3.05, 3.63) is 68.5 Å². The molecule has 0 unspecified atom stereocenters. The monoisotopic (exact) mass is 419 g/mol. The summed E-state index contributed by atoms with van der Waals surface area (Å²) in [5.74, 6) is -0.785. The Morgan fingerprint density at radius 1 is 1.11 bits per heavy atom. The number of amides is 2. The Morgan fingerprint density at radius 3 is 2.48 bits per heavy atom. The number of thiazole rings is 1. The highest BCUT2D eigenvalue weighted by atomic mass is 35.5. The van der Waals surface area contributed by atoms with Crippen LogP contribution in [0.4, 0.5) is 5.69 Å². The molecule has 2 aromatic carbocycles. The van der Waals surface area contributed by atoms with Crippen LogP contribution in [0.1, 0.15) is 15.4 Å². The Morgan fingerprint density at radius 2 is 1.85 bits per heavy atom. The van der Waals surface area contributed by atoms with E-state index < -0.39 is 5.91 Å². The average Bonchev–Trinajstić information content (AvgIpc) is 3.07. The summed E-state index contributed by atoms with van der Waals surface area (Å²) < 4.78 is 0. The molecule has 0 fully saturated rings. The minimum absolute atomic E-state index is 0.176. The Balaban J connectivity index is 1.55. The van der Waals surface area contributed by atoms with Crippen molar-refractivity contribution in [1.29, 1.82) is 0 Å². The summed E-state index contributed by atoms with van der Waals surface area (Å²) in [5.41, 5.74) is 2.77. The Hall–Kier alpha value is -2.41. The van der Waals surface area contributed by atoms with Gasteiger partial charge in [0.05, 0.1) is 27.8 Å². The van der Waals surface area contributed by atoms with Gasteiger partial charge in [0.2, 0.25) is 5.91 Å². The molecule has 0 spiro atoms. The van der Waals surface area contributed by atoms with Crippen LogP contribution in [0.25, 0.3) is 11.3 Å². The van der Waals surface area contributed by atoms with E-state index in [9.17, 15) is 9.59 Å². The van der Waals surface area contributed by atoms with Gasteiger partial charge >= 0.3 is 0 Å². The van der Waals surface area contributed by atoms with Gasteiger partial charge in [0.15, 0.2) is 0 Å². The lowest BCUT2D eigenvalue weighted by molar-refractivity contribution is -0.115. The number of nitrogens with one attached hydrogen (secondary N) is 2. The molecule has 3 aromatic rings. The van der Waals surface area contributed by atoms with E-state index in [0.717, 1.165) is 16.3 Å². The van der Waals surface area contributed by atoms with Crippen molar-refractivity contribution in [1.82, 2.24) is 10.3 Å². The lowest BCUT2D eigenvalue weighted by Gasteiger charge is -2.08. The van der Waals surface area contributed by atoms with Crippen LogP contribution in [0, 0.1) is 6.92 Å². The molecule has 8 heteroatoms. The smallest absolute Gasteiger partial charge is 0.253 e. The van der Waals surface area contributed by atoms with Crippen LogP contribution < -0.4 is 10.6 Å². The summed E-state index contributed by atoms with van der Waals surface area (Å²) in [6.45, 7) is 1.78. The first kappa shape index (κ1) is 19.4. The predicted octanol–water partition coefficient (Wildman–Crippen LogP) is 4.79. The maximum Gasteiger partial charge on any atom is 0.253 e. The van der Waals surface area contributed by atoms with Gasteiger partial charge in [-0.25, -0.2) is 4.98 Å². The third kappa shape index (κ3) is 5.07. The molecule has 0 aliphatic carbocycles. The summed E-state index contributed by atoms with van der Waals surface area (Å²) in [6, 6.07) is 11.9. The molecule has 138 valence electrons. The summed E-state index contributed by atoms with van der Waals surface area (Å²) in [6.07, 6.45) is 0. The van der Waals surface area contributed by atoms with Gasteiger partial charge in [0.25, 0.3) is 5.91 Å². The van der Waals surface area contributed by atoms with Crippen LogP contribution in [0.5, 0.6) is 0 Å². The van der Waals surface area contributed by atoms with E-state index in [1.54, 1.807) is 29.5 Å². The van der Waals surface area contributed by atoms with Gasteiger partial charge in [-0.15, -0.1) is 11.3 Å². The van der Waals surface area contributed by atoms with Crippen molar-refractivity contribution in [3.63, 3.8) is 0 Å². The number of hydrogen-bond donors (Lipinski definition) is 2. The molecule has 0 bridgehead atoms. The molecule has 3 rings (SSSR count). The Kier molecular flexibility index (Phi) is 6.11. The molecule has 1 aromatic heterocycles. The standard InChI is InChI=1S/C19H15Cl2N3O2S/c1-11-23-17(10-27-11)12-2-5-14(6-3-12)24-18(25)9-22-19(26)15-7-4-13(20)8-16(15)21/h2-8,10H,9H2,1H3,(H,22,26)(H,24,25). The van der Waals surface area contributed by atoms with Crippen molar-refractivity contribution in [3.8, 4) is 11.3 Å². The molecule has 0 saturated carbocycles. The van der Waals surface area contributed by atoms with Gasteiger partial charge in [-0.1, -0.05) is 35.3 Å². The highest BCUT2D eigenvalue weighted by Crippen LogP contribution is 2.23. The highest BCUT2D eigenvalue weighted by Gasteiger charge is 2.12. The van der Waals surface area contributed by atoms with Crippen molar-refractivity contribution in [2.75, 3.05) is 11.9 Å². The molecule has 1 heterocycles. The van der Waals surface area contributed by atoms with Crippen LogP contribution in [-0.4, -0.2) is 23.3 Å². The summed E-state index contributed by atoms with van der Waals surface area (Å²) in [5, 5.41) is 8.91. The van der Waals surface area contributed by atoms with Gasteiger partial charge in [-0.3, -0.25) is 9.59 Å². The van der Waals surface area contributed by atoms with Gasteiger partial charge in [0.1, 0.15) is 0 Å². The van der Waals surface area contributed by atoms with Crippen molar-refractivity contribution < 1.29 is 9.59 Å². The first-order valence-electron chi connectivity index (χ1n) is 7.98. The topological polar surface area (TPSA) is 71.1 Å². The number of benzene rings is 2. The molecule has 0 radical (unpaired) electrons. The molecule has 0 saturated heterocycles. The van der Waals surface area contributed by atoms with E-state index in [0.29, 0.717) is 10.7 Å². The number of aromatic nitrogens is 1. The van der Waals surface area contributed by atoms with Gasteiger partial charge < -0.3 is 10.6 Å². The zero-order chi connectivity index (χ0) is 19.4. The van der Waals surface area contributed by atoms with Crippen LogP contribution in [-0.2, 0) is 4.79 Å². The average molecular weight is 420 g/mol. The van der Waals surface area contributed by atoms with Gasteiger partial charge in [-0.05, 0) is 37.3 Å². The zero-order valence-corrected chi connectivity index (χ0v) is 16.6. The first-order chi connectivity index (χ1) is 12.9. The fourth-order valence-corrected chi connectivity index (χ4v) is 3.47. The molecule has 2 N–H and O–H groups in total. The maximum atomic E-state index is 12.1. The van der Waals surface area contributed by atoms with Crippen molar-refractivity contribution in [2.45, 2.75) is 6.92 Å². The molecule has 0 aliphatic rings. The molecule has 27 heavy (non-hydrogen) atoms. The number of hydrogen-bond acceptors (Lipinski definition) is 4. The number of aryl methyl sites for hydroxylation is 1. The van der Waals surface area contributed by atoms with Crippen molar-refractivity contribution in [2.24, 2.45) is 0 Å². The minimum Gasteiger partial charge on any atom is -0.343 e. The van der Waals surface area contributed by atoms with Crippen LogP contribution in [0.3, 0.4) is 0 Å². The number of rotatable bonds is 5. The first-order valence-corrected chi connectivity index (χ1v) is 9.61. The fourth-order valence-electron chi connectivity index (χ4n) is 2.35. The number of carbonyl (C=O) groups excluding carboxylic acids is 2. The van der Waals surface area contributed by atoms with E-state index in [1.165, 1.54) is 12.1 Å². The second kappa shape index (κ2) is 8.52. The van der Waals surface area contributed by atoms with Gasteiger partial charge in [0, 0.05) is 21.7 Å². The molecular formula is C19H15Cl2N3O2S. The second-order valence-corrected chi connectivity index (χ2v) is 7.59. The Bertz CT molecular complexity index is 987. The quantitative estimate of drug-likeness (QED) is 0.623. The SMILES string of the molecule is Cc1nc(-c2ccc(NC(=O)CNC(=O)c3ccc(Cl)cc3Cl)cc2)cs1. The van der Waals surface area contributed by atoms with Crippen LogP contribution >= 0.6 is 34.5 Å². The Labute approximate surface area is 170 Å². The number of halogens is 2. The third-order valence-corrected chi connectivity index (χ3v) is 4.99. The summed E-state index contributed by atoms with van der Waals surface area (Å²) in [4.78, 5) is 28.6. The second-order valence-electron chi connectivity index (χ2n) is 5.68. The predicted molar refractivity (Wildman–Crippen MR) is 110 cm³/mol. The van der Waals surface area contributed by atoms with Crippen molar-refractivity contribution >= 4 is 52.0 Å². The third-order valence-electron chi connectivity index (χ3n) is 3.67. The lowest BCUT2D eigenvalue weighted by Crippen LogP contribution is -2.33. The molecule has 0 aliphatic heterocycles. The number of anilines is 1. The van der Waals surface area contributed by atoms with E-state index in [2.05, 4.69) is 15.6 Å². The van der Waals surface area contributed by atoms with Crippen LogP contribution in [0.15, 0.2) is 47.8 Å². The molecule has 5 nitrogen and oxygen atoms in total. The maximum absolute atomic E-state index is 12.1. The fraction of sp³-hybridized carbons (Fsp3) is 0.105.